The van der Waals surface area contributed by atoms with Crippen LogP contribution in [-0.2, 0) is 5.33 Å². The van der Waals surface area contributed by atoms with Gasteiger partial charge in [-0.25, -0.2) is 4.79 Å². The van der Waals surface area contributed by atoms with Gasteiger partial charge in [0.1, 0.15) is 0 Å². The summed E-state index contributed by atoms with van der Waals surface area (Å²) in [6, 6.07) is 3.66. The third-order valence-electron chi connectivity index (χ3n) is 1.67. The van der Waals surface area contributed by atoms with Crippen LogP contribution in [0.5, 0.6) is 0 Å². The van der Waals surface area contributed by atoms with Crippen LogP contribution in [0, 0.1) is 10.1 Å². The maximum atomic E-state index is 10.7. The molecule has 0 amide bonds. The lowest BCUT2D eigenvalue weighted by molar-refractivity contribution is -0.384. The molecular weight excluding hydrogens is 254 g/mol. The standard InChI is InChI=1S/C8H6BrNO4/c9-4-5-3-6(10(13)14)1-2-7(5)8(11)12/h1-3H,4H2,(H,11,12). The normalized spacial score (nSPS) is 9.79. The van der Waals surface area contributed by atoms with E-state index in [9.17, 15) is 14.9 Å². The van der Waals surface area contributed by atoms with Crippen LogP contribution in [0.15, 0.2) is 18.2 Å². The fourth-order valence-corrected chi connectivity index (χ4v) is 1.48. The Labute approximate surface area is 87.6 Å². The predicted octanol–water partition coefficient (Wildman–Crippen LogP) is 2.19. The molecule has 1 aromatic rings. The first-order valence-electron chi connectivity index (χ1n) is 3.63. The second-order valence-electron chi connectivity index (χ2n) is 2.54. The van der Waals surface area contributed by atoms with E-state index >= 15 is 0 Å². The van der Waals surface area contributed by atoms with Crippen LogP contribution in [-0.4, -0.2) is 16.0 Å². The number of nitrogens with zero attached hydrogens (tertiary/aromatic N) is 1. The van der Waals surface area contributed by atoms with E-state index in [4.69, 9.17) is 5.11 Å². The zero-order valence-electron chi connectivity index (χ0n) is 6.94. The average Bonchev–Trinajstić information content (AvgIpc) is 2.16. The molecule has 0 saturated heterocycles. The summed E-state index contributed by atoms with van der Waals surface area (Å²) in [5, 5.41) is 19.4. The first-order valence-corrected chi connectivity index (χ1v) is 4.75. The van der Waals surface area contributed by atoms with Crippen molar-refractivity contribution in [3.63, 3.8) is 0 Å². The molecule has 1 N–H and O–H groups in total. The van der Waals surface area contributed by atoms with Crippen LogP contribution >= 0.6 is 15.9 Å². The third kappa shape index (κ3) is 2.08. The number of hydrogen-bond acceptors (Lipinski definition) is 3. The predicted molar refractivity (Wildman–Crippen MR) is 52.7 cm³/mol. The number of alkyl halides is 1. The van der Waals surface area contributed by atoms with Crippen molar-refractivity contribution in [3.8, 4) is 0 Å². The van der Waals surface area contributed by atoms with Crippen LogP contribution in [0.3, 0.4) is 0 Å². The molecule has 0 aromatic heterocycles. The second-order valence-corrected chi connectivity index (χ2v) is 3.10. The van der Waals surface area contributed by atoms with Crippen LogP contribution < -0.4 is 0 Å². The van der Waals surface area contributed by atoms with E-state index in [1.54, 1.807) is 0 Å². The Morgan fingerprint density at radius 2 is 2.21 bits per heavy atom. The van der Waals surface area contributed by atoms with Gasteiger partial charge in [-0.1, -0.05) is 15.9 Å². The molecule has 0 spiro atoms. The van der Waals surface area contributed by atoms with Gasteiger partial charge in [0.05, 0.1) is 10.5 Å². The fourth-order valence-electron chi connectivity index (χ4n) is 1.01. The molecule has 6 heteroatoms. The van der Waals surface area contributed by atoms with Gasteiger partial charge in [0, 0.05) is 17.5 Å². The lowest BCUT2D eigenvalue weighted by atomic mass is 10.1. The lowest BCUT2D eigenvalue weighted by Crippen LogP contribution is -2.01. The van der Waals surface area contributed by atoms with Crippen LogP contribution in [0.4, 0.5) is 5.69 Å². The molecule has 0 bridgehead atoms. The van der Waals surface area contributed by atoms with Gasteiger partial charge in [-0.15, -0.1) is 0 Å². The van der Waals surface area contributed by atoms with Crippen molar-refractivity contribution in [1.82, 2.24) is 0 Å². The first-order chi connectivity index (χ1) is 6.56. The number of carboxylic acids is 1. The average molecular weight is 260 g/mol. The molecule has 5 nitrogen and oxygen atoms in total. The third-order valence-corrected chi connectivity index (χ3v) is 2.28. The molecule has 14 heavy (non-hydrogen) atoms. The number of halogens is 1. The van der Waals surface area contributed by atoms with Crippen molar-refractivity contribution < 1.29 is 14.8 Å². The Hall–Kier alpha value is -1.43. The maximum absolute atomic E-state index is 10.7. The lowest BCUT2D eigenvalue weighted by Gasteiger charge is -2.01. The molecule has 0 heterocycles. The zero-order valence-corrected chi connectivity index (χ0v) is 8.52. The molecule has 0 atom stereocenters. The molecule has 0 radical (unpaired) electrons. The molecule has 0 aliphatic heterocycles. The number of carbonyl (C=O) groups is 1. The van der Waals surface area contributed by atoms with E-state index < -0.39 is 10.9 Å². The van der Waals surface area contributed by atoms with E-state index in [1.165, 1.54) is 18.2 Å². The number of hydrogen-bond donors (Lipinski definition) is 1. The van der Waals surface area contributed by atoms with E-state index in [0.29, 0.717) is 5.56 Å². The molecular formula is C8H6BrNO4. The summed E-state index contributed by atoms with van der Waals surface area (Å²) in [5.74, 6) is -1.09. The maximum Gasteiger partial charge on any atom is 0.336 e. The Bertz CT molecular complexity index is 391. The van der Waals surface area contributed by atoms with Gasteiger partial charge in [0.15, 0.2) is 0 Å². The molecule has 1 aromatic carbocycles. The molecule has 74 valence electrons. The highest BCUT2D eigenvalue weighted by molar-refractivity contribution is 9.08. The highest BCUT2D eigenvalue weighted by atomic mass is 79.9. The van der Waals surface area contributed by atoms with Crippen LogP contribution in [0.2, 0.25) is 0 Å². The van der Waals surface area contributed by atoms with Gasteiger partial charge in [-0.05, 0) is 11.6 Å². The minimum atomic E-state index is -1.09. The summed E-state index contributed by atoms with van der Waals surface area (Å²) in [6.45, 7) is 0. The Kier molecular flexibility index (Phi) is 3.19. The van der Waals surface area contributed by atoms with Crippen molar-refractivity contribution in [1.29, 1.82) is 0 Å². The monoisotopic (exact) mass is 259 g/mol. The molecule has 0 aliphatic carbocycles. The number of aromatic carboxylic acids is 1. The summed E-state index contributed by atoms with van der Waals surface area (Å²) >= 11 is 3.07. The number of nitro benzene ring substituents is 1. The largest absolute Gasteiger partial charge is 0.478 e. The Balaban J connectivity index is 3.25. The van der Waals surface area contributed by atoms with Crippen LogP contribution in [0.1, 0.15) is 15.9 Å². The number of carboxylic acid groups (broad SMARTS) is 1. The van der Waals surface area contributed by atoms with E-state index in [-0.39, 0.29) is 16.6 Å². The molecule has 0 fully saturated rings. The summed E-state index contributed by atoms with van der Waals surface area (Å²) in [7, 11) is 0. The van der Waals surface area contributed by atoms with Gasteiger partial charge in [-0.3, -0.25) is 10.1 Å². The van der Waals surface area contributed by atoms with Gasteiger partial charge in [-0.2, -0.15) is 0 Å². The van der Waals surface area contributed by atoms with Crippen molar-refractivity contribution >= 4 is 27.6 Å². The topological polar surface area (TPSA) is 80.4 Å². The fraction of sp³-hybridized carbons (Fsp3) is 0.125. The minimum Gasteiger partial charge on any atom is -0.478 e. The second kappa shape index (κ2) is 4.19. The van der Waals surface area contributed by atoms with E-state index in [2.05, 4.69) is 15.9 Å². The number of nitro groups is 1. The van der Waals surface area contributed by atoms with Crippen molar-refractivity contribution in [2.24, 2.45) is 0 Å². The Morgan fingerprint density at radius 3 is 2.64 bits per heavy atom. The first kappa shape index (κ1) is 10.6. The summed E-state index contributed by atoms with van der Waals surface area (Å²) < 4.78 is 0. The SMILES string of the molecule is O=C(O)c1ccc([N+](=O)[O-])cc1CBr. The van der Waals surface area contributed by atoms with Gasteiger partial charge >= 0.3 is 5.97 Å². The summed E-state index contributed by atoms with van der Waals surface area (Å²) in [4.78, 5) is 20.5. The van der Waals surface area contributed by atoms with Crippen LogP contribution in [0.25, 0.3) is 0 Å². The summed E-state index contributed by atoms with van der Waals surface area (Å²) in [6.07, 6.45) is 0. The van der Waals surface area contributed by atoms with Gasteiger partial charge < -0.3 is 5.11 Å². The van der Waals surface area contributed by atoms with Crippen molar-refractivity contribution in [3.05, 3.63) is 39.4 Å². The van der Waals surface area contributed by atoms with E-state index in [0.717, 1.165) is 0 Å². The molecule has 0 saturated carbocycles. The minimum absolute atomic E-state index is 0.0764. The number of rotatable bonds is 3. The zero-order chi connectivity index (χ0) is 10.7. The molecule has 0 unspecified atom stereocenters. The smallest absolute Gasteiger partial charge is 0.336 e. The van der Waals surface area contributed by atoms with Crippen molar-refractivity contribution in [2.75, 3.05) is 0 Å². The van der Waals surface area contributed by atoms with E-state index in [1.807, 2.05) is 0 Å². The molecule has 1 rings (SSSR count). The quantitative estimate of drug-likeness (QED) is 0.513. The van der Waals surface area contributed by atoms with Gasteiger partial charge in [0.25, 0.3) is 5.69 Å². The highest BCUT2D eigenvalue weighted by Crippen LogP contribution is 2.20. The van der Waals surface area contributed by atoms with Gasteiger partial charge in [0.2, 0.25) is 0 Å². The highest BCUT2D eigenvalue weighted by Gasteiger charge is 2.13. The molecule has 0 aliphatic rings. The summed E-state index contributed by atoms with van der Waals surface area (Å²) in [5.41, 5.74) is 0.364. The number of benzene rings is 1. The van der Waals surface area contributed by atoms with Crippen molar-refractivity contribution in [2.45, 2.75) is 5.33 Å². The number of non-ortho nitro benzene ring substituents is 1. The Morgan fingerprint density at radius 1 is 1.57 bits per heavy atom.